The minimum Gasteiger partial charge on any atom is -0.497 e. The van der Waals surface area contributed by atoms with Crippen LogP contribution in [0.5, 0.6) is 11.5 Å². The summed E-state index contributed by atoms with van der Waals surface area (Å²) in [6, 6.07) is 7.67. The van der Waals surface area contributed by atoms with Crippen LogP contribution in [-0.2, 0) is 9.59 Å². The molecule has 1 amide bonds. The second kappa shape index (κ2) is 8.57. The number of ether oxygens (including phenoxy) is 2. The Bertz CT molecular complexity index is 944. The molecule has 1 heterocycles. The van der Waals surface area contributed by atoms with Crippen LogP contribution in [0.3, 0.4) is 0 Å². The molecule has 186 valence electrons. The molecule has 8 atom stereocenters. The van der Waals surface area contributed by atoms with Crippen molar-refractivity contribution in [3.8, 4) is 11.5 Å². The average Bonchev–Trinajstić information content (AvgIpc) is 3.19. The molecule has 0 aromatic heterocycles. The Kier molecular flexibility index (Phi) is 5.97. The van der Waals surface area contributed by atoms with E-state index in [1.54, 1.807) is 7.11 Å². The third-order valence-corrected chi connectivity index (χ3v) is 10.8. The van der Waals surface area contributed by atoms with Crippen molar-refractivity contribution in [1.29, 1.82) is 0 Å². The highest BCUT2D eigenvalue weighted by Crippen LogP contribution is 2.67. The number of carbonyl (C=O) groups is 2. The molecular weight excluding hydrogens is 426 g/mol. The number of likely N-dealkylation sites (tertiary alicyclic amines) is 1. The lowest BCUT2D eigenvalue weighted by atomic mass is 9.44. The van der Waals surface area contributed by atoms with Crippen molar-refractivity contribution in [3.05, 3.63) is 24.3 Å². The maximum atomic E-state index is 13.4. The third kappa shape index (κ3) is 3.48. The first kappa shape index (κ1) is 23.7. The Morgan fingerprint density at radius 1 is 1.03 bits per heavy atom. The smallest absolute Gasteiger partial charge is 0.314 e. The maximum Gasteiger partial charge on any atom is 0.314 e. The number of fused-ring (bicyclic) bond motifs is 5. The van der Waals surface area contributed by atoms with Crippen LogP contribution in [0.1, 0.15) is 72.1 Å². The van der Waals surface area contributed by atoms with Crippen LogP contribution in [0.4, 0.5) is 0 Å². The molecule has 1 aromatic rings. The van der Waals surface area contributed by atoms with Gasteiger partial charge in [-0.25, -0.2) is 0 Å². The van der Waals surface area contributed by atoms with E-state index in [0.29, 0.717) is 47.8 Å². The Labute approximate surface area is 204 Å². The second-order valence-electron chi connectivity index (χ2n) is 12.0. The van der Waals surface area contributed by atoms with Crippen molar-refractivity contribution in [2.45, 2.75) is 78.2 Å². The van der Waals surface area contributed by atoms with Gasteiger partial charge in [0, 0.05) is 19.5 Å². The van der Waals surface area contributed by atoms with E-state index in [1.165, 1.54) is 0 Å². The summed E-state index contributed by atoms with van der Waals surface area (Å²) in [7, 11) is 3.67. The molecule has 3 aliphatic carbocycles. The molecule has 4 fully saturated rings. The highest BCUT2D eigenvalue weighted by Gasteiger charge is 2.64. The first-order valence-electron chi connectivity index (χ1n) is 13.3. The summed E-state index contributed by atoms with van der Waals surface area (Å²) in [5, 5.41) is 0. The minimum atomic E-state index is -0.0652. The van der Waals surface area contributed by atoms with Crippen molar-refractivity contribution >= 4 is 11.9 Å². The van der Waals surface area contributed by atoms with Gasteiger partial charge < -0.3 is 14.4 Å². The van der Waals surface area contributed by atoms with E-state index in [4.69, 9.17) is 9.47 Å². The first-order chi connectivity index (χ1) is 16.2. The van der Waals surface area contributed by atoms with Crippen molar-refractivity contribution < 1.29 is 19.1 Å². The highest BCUT2D eigenvalue weighted by molar-refractivity contribution is 5.78. The summed E-state index contributed by atoms with van der Waals surface area (Å²) in [5.41, 5.74) is 0.194. The zero-order valence-electron chi connectivity index (χ0n) is 21.5. The molecule has 0 unspecified atom stereocenters. The summed E-state index contributed by atoms with van der Waals surface area (Å²) in [6.45, 7) is 7.17. The average molecular weight is 468 g/mol. The Morgan fingerprint density at radius 3 is 2.38 bits per heavy atom. The van der Waals surface area contributed by atoms with Crippen LogP contribution < -0.4 is 9.47 Å². The lowest BCUT2D eigenvalue weighted by Crippen LogP contribution is -2.63. The lowest BCUT2D eigenvalue weighted by molar-refractivity contribution is -0.171. The van der Waals surface area contributed by atoms with Gasteiger partial charge in [0.1, 0.15) is 11.5 Å². The molecule has 4 aliphatic rings. The van der Waals surface area contributed by atoms with Crippen LogP contribution >= 0.6 is 0 Å². The van der Waals surface area contributed by atoms with E-state index in [1.807, 2.05) is 31.3 Å². The summed E-state index contributed by atoms with van der Waals surface area (Å²) in [4.78, 5) is 28.0. The van der Waals surface area contributed by atoms with E-state index in [-0.39, 0.29) is 22.7 Å². The van der Waals surface area contributed by atoms with E-state index in [2.05, 4.69) is 25.7 Å². The van der Waals surface area contributed by atoms with E-state index in [0.717, 1.165) is 50.7 Å². The molecular formula is C29H41NO4. The number of methoxy groups -OCH3 is 1. The van der Waals surface area contributed by atoms with Crippen molar-refractivity contribution in [1.82, 2.24) is 4.90 Å². The zero-order chi connectivity index (χ0) is 24.3. The quantitative estimate of drug-likeness (QED) is 0.420. The number of carbonyl (C=O) groups excluding carboxylic acids is 2. The van der Waals surface area contributed by atoms with Crippen molar-refractivity contribution in [3.63, 3.8) is 0 Å². The summed E-state index contributed by atoms with van der Waals surface area (Å²) in [5.74, 6) is 4.04. The Morgan fingerprint density at radius 2 is 1.71 bits per heavy atom. The normalized spacial score (nSPS) is 41.3. The van der Waals surface area contributed by atoms with Gasteiger partial charge in [-0.15, -0.1) is 0 Å². The summed E-state index contributed by atoms with van der Waals surface area (Å²) in [6.07, 6.45) is 8.26. The van der Waals surface area contributed by atoms with E-state index < -0.39 is 0 Å². The molecule has 0 bridgehead atoms. The highest BCUT2D eigenvalue weighted by atomic mass is 16.5. The Hall–Kier alpha value is -2.04. The predicted molar refractivity (Wildman–Crippen MR) is 131 cm³/mol. The second-order valence-corrected chi connectivity index (χ2v) is 12.0. The largest absolute Gasteiger partial charge is 0.497 e. The van der Waals surface area contributed by atoms with Gasteiger partial charge in [-0.2, -0.15) is 0 Å². The van der Waals surface area contributed by atoms with Gasteiger partial charge >= 0.3 is 5.97 Å². The van der Waals surface area contributed by atoms with Crippen molar-refractivity contribution in [2.75, 3.05) is 14.2 Å². The predicted octanol–water partition coefficient (Wildman–Crippen LogP) is 5.72. The van der Waals surface area contributed by atoms with Gasteiger partial charge in [-0.1, -0.05) is 27.2 Å². The molecule has 1 saturated heterocycles. The third-order valence-electron chi connectivity index (χ3n) is 10.8. The van der Waals surface area contributed by atoms with Crippen LogP contribution in [0, 0.1) is 40.4 Å². The van der Waals surface area contributed by atoms with Gasteiger partial charge in [0.2, 0.25) is 5.91 Å². The molecule has 0 radical (unpaired) electrons. The van der Waals surface area contributed by atoms with Crippen molar-refractivity contribution in [2.24, 2.45) is 40.4 Å². The van der Waals surface area contributed by atoms with Crippen LogP contribution in [0.2, 0.25) is 0 Å². The molecule has 5 rings (SSSR count). The van der Waals surface area contributed by atoms with E-state index in [9.17, 15) is 9.59 Å². The number of piperidine rings is 1. The Balaban J connectivity index is 1.39. The number of benzene rings is 1. The summed E-state index contributed by atoms with van der Waals surface area (Å²) >= 11 is 0. The SMILES string of the molecule is CC[C@H]1C[C@H]2N(C)C(=O)CC[C@]2(C)[C@H]2CC[C@]3(C)[C@@H](C(=O)Oc4ccc(OC)cc4)CC[C@H]3[C@H]12. The number of hydrogen-bond acceptors (Lipinski definition) is 4. The maximum absolute atomic E-state index is 13.4. The van der Waals surface area contributed by atoms with Gasteiger partial charge in [-0.3, -0.25) is 9.59 Å². The van der Waals surface area contributed by atoms with Crippen LogP contribution in [-0.4, -0.2) is 37.0 Å². The molecule has 3 saturated carbocycles. The number of hydrogen-bond donors (Lipinski definition) is 0. The molecule has 0 N–H and O–H groups in total. The monoisotopic (exact) mass is 467 g/mol. The fraction of sp³-hybridized carbons (Fsp3) is 0.724. The van der Waals surface area contributed by atoms with Gasteiger partial charge in [0.05, 0.1) is 13.0 Å². The van der Waals surface area contributed by atoms with Gasteiger partial charge in [-0.05, 0) is 97.3 Å². The van der Waals surface area contributed by atoms with E-state index >= 15 is 0 Å². The fourth-order valence-corrected chi connectivity index (χ4v) is 8.92. The topological polar surface area (TPSA) is 55.8 Å². The molecule has 5 nitrogen and oxygen atoms in total. The fourth-order valence-electron chi connectivity index (χ4n) is 8.92. The molecule has 5 heteroatoms. The number of rotatable bonds is 4. The molecule has 1 aromatic carbocycles. The summed E-state index contributed by atoms with van der Waals surface area (Å²) < 4.78 is 11.1. The number of esters is 1. The minimum absolute atomic E-state index is 0.00226. The van der Waals surface area contributed by atoms with Crippen LogP contribution in [0.25, 0.3) is 0 Å². The standard InChI is InChI=1S/C29H41NO4/c1-6-18-17-24-29(3,16-14-25(31)30(24)4)22-13-15-28(2)21(26(18)22)11-12-23(28)27(32)34-20-9-7-19(33-5)8-10-20/h7-10,18,21-24,26H,6,11-17H2,1-5H3/t18-,21-,22-,23+,24+,26-,28-,29+/m0/s1. The number of amides is 1. The lowest BCUT2D eigenvalue weighted by Gasteiger charge is -2.64. The number of nitrogens with zero attached hydrogens (tertiary/aromatic N) is 1. The van der Waals surface area contributed by atoms with Gasteiger partial charge in [0.25, 0.3) is 0 Å². The van der Waals surface area contributed by atoms with Gasteiger partial charge in [0.15, 0.2) is 0 Å². The first-order valence-corrected chi connectivity index (χ1v) is 13.3. The van der Waals surface area contributed by atoms with Crippen LogP contribution in [0.15, 0.2) is 24.3 Å². The molecule has 34 heavy (non-hydrogen) atoms. The molecule has 1 aliphatic heterocycles. The zero-order valence-corrected chi connectivity index (χ0v) is 21.5. The molecule has 0 spiro atoms.